The van der Waals surface area contributed by atoms with Crippen LogP contribution < -0.4 is 0 Å². The molecule has 0 aliphatic rings. The minimum Gasteiger partial charge on any atom is -0.264 e. The molecule has 0 aliphatic heterocycles. The summed E-state index contributed by atoms with van der Waals surface area (Å²) in [5.41, 5.74) is 6.90. The third-order valence-electron chi connectivity index (χ3n) is 13.1. The lowest BCUT2D eigenvalue weighted by Gasteiger charge is -2.16. The fourth-order valence-electron chi connectivity index (χ4n) is 10.1. The Balaban J connectivity index is 1.18. The van der Waals surface area contributed by atoms with Gasteiger partial charge in [0.15, 0.2) is 5.82 Å². The van der Waals surface area contributed by atoms with E-state index < -0.39 is 0 Å². The monoisotopic (exact) mass is 811 g/mol. The van der Waals surface area contributed by atoms with Crippen LogP contribution in [0.1, 0.15) is 0 Å². The Labute approximate surface area is 369 Å². The topological polar surface area (TPSA) is 38.7 Å². The summed E-state index contributed by atoms with van der Waals surface area (Å²) < 4.78 is 0. The molecule has 13 rings (SSSR count). The second-order valence-corrected chi connectivity index (χ2v) is 16.7. The molecule has 0 N–H and O–H groups in total. The van der Waals surface area contributed by atoms with Gasteiger partial charge in [-0.3, -0.25) is 4.98 Å². The third kappa shape index (κ3) is 5.79. The summed E-state index contributed by atoms with van der Waals surface area (Å²) in [4.78, 5) is 14.9. The van der Waals surface area contributed by atoms with Crippen molar-refractivity contribution in [3.63, 3.8) is 0 Å². The molecule has 0 fully saturated rings. The first kappa shape index (κ1) is 36.2. The van der Waals surface area contributed by atoms with Crippen molar-refractivity contribution >= 4 is 86.2 Å². The van der Waals surface area contributed by atoms with Crippen LogP contribution in [0.25, 0.3) is 131 Å². The van der Waals surface area contributed by atoms with E-state index in [0.717, 1.165) is 44.6 Å². The molecule has 0 unspecified atom stereocenters. The van der Waals surface area contributed by atoms with E-state index in [4.69, 9.17) is 9.97 Å². The molecular formula is C61H37N3. The molecule has 0 spiro atoms. The molecule has 0 bridgehead atoms. The smallest absolute Gasteiger partial charge is 0.160 e. The van der Waals surface area contributed by atoms with Gasteiger partial charge in [-0.1, -0.05) is 188 Å². The van der Waals surface area contributed by atoms with Crippen LogP contribution in [0.2, 0.25) is 0 Å². The van der Waals surface area contributed by atoms with Gasteiger partial charge in [-0.25, -0.2) is 9.97 Å². The van der Waals surface area contributed by atoms with Crippen molar-refractivity contribution in [3.8, 4) is 45.0 Å². The minimum absolute atomic E-state index is 0.675. The number of rotatable bonds is 4. The first-order valence-electron chi connectivity index (χ1n) is 21.8. The number of benzene rings is 10. The van der Waals surface area contributed by atoms with Gasteiger partial charge >= 0.3 is 0 Å². The highest BCUT2D eigenvalue weighted by molar-refractivity contribution is 6.36. The number of hydrogen-bond acceptors (Lipinski definition) is 3. The standard InChI is InChI=1S/C61H37N3/c1-2-12-39(13-3-1)56-36-57(64-61(63-56)42-26-23-38(24-27-42)45-16-11-33-62-37-45)43-30-31-51-49-20-7-5-18-47(49)46-17-4-6-19-48(46)50-21-8-9-22-52(50)60-53-32-29-41-15-10-14-40-25-28-44(59(53)58(40)41)35-55(60)54(51)34-43/h1-37H. The number of nitrogens with zero attached hydrogens (tertiary/aromatic N) is 3. The van der Waals surface area contributed by atoms with Crippen LogP contribution in [-0.4, -0.2) is 15.0 Å². The van der Waals surface area contributed by atoms with Crippen molar-refractivity contribution in [3.05, 3.63) is 225 Å². The summed E-state index contributed by atoms with van der Waals surface area (Å²) in [7, 11) is 0. The molecule has 296 valence electrons. The Morgan fingerprint density at radius 2 is 0.781 bits per heavy atom. The van der Waals surface area contributed by atoms with Crippen LogP contribution in [0.5, 0.6) is 0 Å². The predicted molar refractivity (Wildman–Crippen MR) is 270 cm³/mol. The van der Waals surface area contributed by atoms with E-state index in [1.807, 2.05) is 18.3 Å². The lowest BCUT2D eigenvalue weighted by atomic mass is 9.87. The quantitative estimate of drug-likeness (QED) is 0.166. The summed E-state index contributed by atoms with van der Waals surface area (Å²) in [6, 6.07) is 77.2. The average Bonchev–Trinajstić information content (AvgIpc) is 3.38. The fourth-order valence-corrected chi connectivity index (χ4v) is 10.1. The largest absolute Gasteiger partial charge is 0.264 e. The van der Waals surface area contributed by atoms with Gasteiger partial charge in [-0.15, -0.1) is 0 Å². The van der Waals surface area contributed by atoms with Gasteiger partial charge in [0.1, 0.15) is 0 Å². The van der Waals surface area contributed by atoms with Gasteiger partial charge in [-0.2, -0.15) is 0 Å². The Bertz CT molecular complexity index is 4030. The summed E-state index contributed by atoms with van der Waals surface area (Å²) in [5, 5.41) is 19.6. The Kier molecular flexibility index (Phi) is 8.22. The molecule has 0 aliphatic carbocycles. The van der Waals surface area contributed by atoms with Crippen LogP contribution in [0.4, 0.5) is 0 Å². The van der Waals surface area contributed by atoms with Gasteiger partial charge in [0, 0.05) is 29.1 Å². The lowest BCUT2D eigenvalue weighted by Crippen LogP contribution is -1.96. The zero-order valence-corrected chi connectivity index (χ0v) is 34.7. The summed E-state index contributed by atoms with van der Waals surface area (Å²) >= 11 is 0. The van der Waals surface area contributed by atoms with Gasteiger partial charge in [0.2, 0.25) is 0 Å². The second kappa shape index (κ2) is 14.5. The van der Waals surface area contributed by atoms with E-state index >= 15 is 0 Å². The highest BCUT2D eigenvalue weighted by Gasteiger charge is 2.17. The normalized spacial score (nSPS) is 11.8. The fraction of sp³-hybridized carbons (Fsp3) is 0. The van der Waals surface area contributed by atoms with Crippen LogP contribution in [-0.2, 0) is 0 Å². The van der Waals surface area contributed by atoms with Crippen LogP contribution in [0.3, 0.4) is 0 Å². The highest BCUT2D eigenvalue weighted by atomic mass is 14.9. The number of pyridine rings is 1. The first-order chi connectivity index (χ1) is 31.7. The SMILES string of the molecule is c1ccc(-c2cc(-c3ccc4c5ccccc5c5ccccc5c5ccccc5c5c(cc6ccc7cccc8ccc5c6c78)c4c3)nc(-c3ccc(-c4cccnc4)cc3)n2)cc1. The molecule has 0 radical (unpaired) electrons. The van der Waals surface area contributed by atoms with Crippen LogP contribution >= 0.6 is 0 Å². The molecule has 2 heterocycles. The summed E-state index contributed by atoms with van der Waals surface area (Å²) in [6.45, 7) is 0. The zero-order chi connectivity index (χ0) is 42.1. The summed E-state index contributed by atoms with van der Waals surface area (Å²) in [5.74, 6) is 0.675. The van der Waals surface area contributed by atoms with Gasteiger partial charge < -0.3 is 0 Å². The molecular weight excluding hydrogens is 775 g/mol. The van der Waals surface area contributed by atoms with Crippen molar-refractivity contribution in [2.45, 2.75) is 0 Å². The number of hydrogen-bond donors (Lipinski definition) is 0. The van der Waals surface area contributed by atoms with Gasteiger partial charge in [-0.05, 0) is 122 Å². The lowest BCUT2D eigenvalue weighted by molar-refractivity contribution is 1.18. The predicted octanol–water partition coefficient (Wildman–Crippen LogP) is 16.3. The van der Waals surface area contributed by atoms with E-state index in [1.54, 1.807) is 6.20 Å². The molecule has 0 amide bonds. The molecule has 11 aromatic carbocycles. The Morgan fingerprint density at radius 1 is 0.250 bits per heavy atom. The maximum absolute atomic E-state index is 5.38. The molecule has 0 atom stereocenters. The summed E-state index contributed by atoms with van der Waals surface area (Å²) in [6.07, 6.45) is 3.70. The van der Waals surface area contributed by atoms with E-state index in [9.17, 15) is 0 Å². The van der Waals surface area contributed by atoms with Gasteiger partial charge in [0.05, 0.1) is 11.4 Å². The van der Waals surface area contributed by atoms with Crippen molar-refractivity contribution in [2.75, 3.05) is 0 Å². The van der Waals surface area contributed by atoms with E-state index in [1.165, 1.54) is 80.8 Å². The molecule has 3 heteroatoms. The maximum Gasteiger partial charge on any atom is 0.160 e. The molecule has 13 aromatic rings. The third-order valence-corrected chi connectivity index (χ3v) is 13.1. The number of fused-ring (bicyclic) bond motifs is 11. The maximum atomic E-state index is 5.38. The van der Waals surface area contributed by atoms with Crippen molar-refractivity contribution in [1.29, 1.82) is 0 Å². The molecule has 3 nitrogen and oxygen atoms in total. The van der Waals surface area contributed by atoms with Crippen molar-refractivity contribution < 1.29 is 0 Å². The van der Waals surface area contributed by atoms with E-state index in [-0.39, 0.29) is 0 Å². The molecule has 2 aromatic heterocycles. The zero-order valence-electron chi connectivity index (χ0n) is 34.7. The van der Waals surface area contributed by atoms with Crippen LogP contribution in [0, 0.1) is 0 Å². The van der Waals surface area contributed by atoms with Crippen molar-refractivity contribution in [2.24, 2.45) is 0 Å². The molecule has 64 heavy (non-hydrogen) atoms. The number of aromatic nitrogens is 3. The minimum atomic E-state index is 0.675. The van der Waals surface area contributed by atoms with Crippen LogP contribution in [0.15, 0.2) is 225 Å². The average molecular weight is 812 g/mol. The van der Waals surface area contributed by atoms with E-state index in [2.05, 4.69) is 205 Å². The van der Waals surface area contributed by atoms with E-state index in [0.29, 0.717) is 5.82 Å². The van der Waals surface area contributed by atoms with Crippen molar-refractivity contribution in [1.82, 2.24) is 15.0 Å². The molecule has 0 saturated carbocycles. The van der Waals surface area contributed by atoms with Gasteiger partial charge in [0.25, 0.3) is 0 Å². The Hall–Kier alpha value is -8.53. The second-order valence-electron chi connectivity index (χ2n) is 16.7. The molecule has 0 saturated heterocycles. The Morgan fingerprint density at radius 3 is 1.45 bits per heavy atom. The first-order valence-corrected chi connectivity index (χ1v) is 21.8. The highest BCUT2D eigenvalue weighted by Crippen LogP contribution is 2.44.